The summed E-state index contributed by atoms with van der Waals surface area (Å²) in [6, 6.07) is 7.02. The van der Waals surface area contributed by atoms with Crippen molar-refractivity contribution in [3.63, 3.8) is 0 Å². The number of pyridine rings is 1. The maximum Gasteiger partial charge on any atom is 0.265 e. The number of aryl methyl sites for hydroxylation is 1. The van der Waals surface area contributed by atoms with Crippen molar-refractivity contribution in [1.29, 1.82) is 0 Å². The molecular weight excluding hydrogens is 372 g/mol. The van der Waals surface area contributed by atoms with Crippen molar-refractivity contribution in [2.45, 2.75) is 25.7 Å². The lowest BCUT2D eigenvalue weighted by molar-refractivity contribution is -0.118. The van der Waals surface area contributed by atoms with Gasteiger partial charge < -0.3 is 10.5 Å². The van der Waals surface area contributed by atoms with Crippen molar-refractivity contribution >= 4 is 21.8 Å². The zero-order chi connectivity index (χ0) is 19.6. The zero-order valence-electron chi connectivity index (χ0n) is 14.3. The molecule has 3 N–H and O–H groups in total. The summed E-state index contributed by atoms with van der Waals surface area (Å²) in [5, 5.41) is 0. The van der Waals surface area contributed by atoms with Crippen LogP contribution in [0.1, 0.15) is 39.9 Å². The number of hydrogen-bond donors (Lipinski definition) is 2. The van der Waals surface area contributed by atoms with Gasteiger partial charge in [-0.1, -0.05) is 12.1 Å². The zero-order valence-corrected chi connectivity index (χ0v) is 15.2. The second-order valence-electron chi connectivity index (χ2n) is 6.30. The summed E-state index contributed by atoms with van der Waals surface area (Å²) in [7, 11) is -4.13. The second kappa shape index (κ2) is 7.45. The van der Waals surface area contributed by atoms with Crippen molar-refractivity contribution in [3.05, 3.63) is 52.7 Å². The predicted molar refractivity (Wildman–Crippen MR) is 96.4 cm³/mol. The average molecular weight is 390 g/mol. The Morgan fingerprint density at radius 2 is 2.00 bits per heavy atom. The number of fused-ring (bicyclic) bond motifs is 2. The van der Waals surface area contributed by atoms with Gasteiger partial charge in [0.05, 0.1) is 5.75 Å². The van der Waals surface area contributed by atoms with E-state index >= 15 is 0 Å². The number of carbonyl (C=O) groups is 2. The van der Waals surface area contributed by atoms with E-state index in [0.717, 1.165) is 11.1 Å². The van der Waals surface area contributed by atoms with Crippen LogP contribution < -0.4 is 10.5 Å². The molecular formula is C18H18N2O6S. The summed E-state index contributed by atoms with van der Waals surface area (Å²) in [5.74, 6) is -0.387. The van der Waals surface area contributed by atoms with Gasteiger partial charge in [0.25, 0.3) is 10.1 Å². The Labute approximate surface area is 156 Å². The molecule has 0 spiro atoms. The fourth-order valence-corrected chi connectivity index (χ4v) is 3.42. The van der Waals surface area contributed by atoms with E-state index in [4.69, 9.17) is 15.0 Å². The molecule has 0 bridgehead atoms. The van der Waals surface area contributed by atoms with E-state index in [0.29, 0.717) is 35.6 Å². The lowest BCUT2D eigenvalue weighted by Gasteiger charge is -2.21. The molecule has 1 aliphatic rings. The second-order valence-corrected chi connectivity index (χ2v) is 7.87. The van der Waals surface area contributed by atoms with Gasteiger partial charge in [0.15, 0.2) is 0 Å². The van der Waals surface area contributed by atoms with E-state index in [2.05, 4.69) is 4.98 Å². The van der Waals surface area contributed by atoms with Crippen LogP contribution in [0, 0.1) is 0 Å². The van der Waals surface area contributed by atoms with Gasteiger partial charge in [0, 0.05) is 36.6 Å². The molecule has 0 atom stereocenters. The first kappa shape index (κ1) is 19.0. The molecule has 1 amide bonds. The minimum atomic E-state index is -4.13. The Bertz CT molecular complexity index is 1020. The molecule has 1 aliphatic heterocycles. The number of rotatable bonds is 7. The molecule has 9 heteroatoms. The number of ether oxygens (including phenoxy) is 1. The molecule has 142 valence electrons. The number of hydrogen-bond acceptors (Lipinski definition) is 6. The van der Waals surface area contributed by atoms with E-state index < -0.39 is 21.8 Å². The first-order valence-electron chi connectivity index (χ1n) is 8.27. The minimum absolute atomic E-state index is 0.167. The first-order chi connectivity index (χ1) is 12.7. The Kier molecular flexibility index (Phi) is 5.24. The molecule has 27 heavy (non-hydrogen) atoms. The molecule has 0 aliphatic carbocycles. The molecule has 8 nitrogen and oxygen atoms in total. The average Bonchev–Trinajstić information content (AvgIpc) is 2.61. The summed E-state index contributed by atoms with van der Waals surface area (Å²) in [6.45, 7) is 0. The van der Waals surface area contributed by atoms with Crippen LogP contribution >= 0.6 is 0 Å². The number of Topliss-reactive ketones (excluding diaryl/α,β-unsaturated/α-hetero) is 1. The first-order valence-corrected chi connectivity index (χ1v) is 9.88. The summed E-state index contributed by atoms with van der Waals surface area (Å²) in [6.07, 6.45) is 2.28. The summed E-state index contributed by atoms with van der Waals surface area (Å²) in [4.78, 5) is 27.5. The molecule has 2 heterocycles. The van der Waals surface area contributed by atoms with Crippen LogP contribution in [0.3, 0.4) is 0 Å². The van der Waals surface area contributed by atoms with Gasteiger partial charge in [-0.15, -0.1) is 0 Å². The number of aromatic nitrogens is 1. The monoisotopic (exact) mass is 390 g/mol. The van der Waals surface area contributed by atoms with Gasteiger partial charge >= 0.3 is 0 Å². The third kappa shape index (κ3) is 4.69. The number of carbonyl (C=O) groups excluding carboxylic acids is 2. The highest BCUT2D eigenvalue weighted by molar-refractivity contribution is 7.85. The van der Waals surface area contributed by atoms with Gasteiger partial charge in [0.1, 0.15) is 11.5 Å². The maximum absolute atomic E-state index is 11.8. The lowest BCUT2D eigenvalue weighted by Crippen LogP contribution is -2.17. The van der Waals surface area contributed by atoms with Crippen molar-refractivity contribution < 1.29 is 27.3 Å². The number of nitrogens with zero attached hydrogens (tertiary/aromatic N) is 1. The Hall–Kier alpha value is -2.78. The Morgan fingerprint density at radius 3 is 2.70 bits per heavy atom. The Balaban J connectivity index is 1.71. The molecule has 0 radical (unpaired) electrons. The number of amides is 1. The van der Waals surface area contributed by atoms with Crippen LogP contribution in [0.25, 0.3) is 0 Å². The van der Waals surface area contributed by atoms with Gasteiger partial charge in [0.2, 0.25) is 11.8 Å². The number of ketones is 1. The van der Waals surface area contributed by atoms with Crippen LogP contribution in [0.2, 0.25) is 0 Å². The molecule has 1 aromatic heterocycles. The number of benzene rings is 1. The Morgan fingerprint density at radius 1 is 1.22 bits per heavy atom. The number of primary amides is 1. The van der Waals surface area contributed by atoms with Crippen LogP contribution in [0.4, 0.5) is 0 Å². The molecule has 3 rings (SSSR count). The molecule has 1 aromatic carbocycles. The third-order valence-corrected chi connectivity index (χ3v) is 5.03. The van der Waals surface area contributed by atoms with E-state index in [1.54, 1.807) is 12.1 Å². The highest BCUT2D eigenvalue weighted by Crippen LogP contribution is 2.37. The SMILES string of the molecule is NC(=O)c1ccnc2c1Cc1cc(CCC(=O)CCS(=O)(=O)O)ccc1O2. The smallest absolute Gasteiger partial charge is 0.265 e. The lowest BCUT2D eigenvalue weighted by atomic mass is 9.95. The fraction of sp³-hybridized carbons (Fsp3) is 0.278. The topological polar surface area (TPSA) is 137 Å². The molecule has 0 fully saturated rings. The summed E-state index contributed by atoms with van der Waals surface area (Å²) < 4.78 is 35.8. The van der Waals surface area contributed by atoms with Crippen molar-refractivity contribution in [2.75, 3.05) is 5.75 Å². The standard InChI is InChI=1S/C18H18N2O6S/c19-17(22)14-5-7-20-18-15(14)10-12-9-11(2-4-16(12)26-18)1-3-13(21)6-8-27(23,24)25/h2,4-5,7,9H,1,3,6,8,10H2,(H2,19,22)(H,23,24,25). The molecule has 0 saturated heterocycles. The maximum atomic E-state index is 11.8. The molecule has 2 aromatic rings. The van der Waals surface area contributed by atoms with Crippen molar-refractivity contribution in [3.8, 4) is 11.6 Å². The van der Waals surface area contributed by atoms with Gasteiger partial charge in [-0.3, -0.25) is 14.1 Å². The van der Waals surface area contributed by atoms with Crippen LogP contribution in [0.5, 0.6) is 11.6 Å². The van der Waals surface area contributed by atoms with Gasteiger partial charge in [-0.25, -0.2) is 4.98 Å². The highest BCUT2D eigenvalue weighted by atomic mass is 32.2. The molecule has 0 saturated carbocycles. The van der Waals surface area contributed by atoms with E-state index in [9.17, 15) is 18.0 Å². The summed E-state index contributed by atoms with van der Waals surface area (Å²) >= 11 is 0. The van der Waals surface area contributed by atoms with E-state index in [1.807, 2.05) is 12.1 Å². The van der Waals surface area contributed by atoms with Crippen molar-refractivity contribution in [2.24, 2.45) is 5.73 Å². The molecule has 0 unspecified atom stereocenters. The summed E-state index contributed by atoms with van der Waals surface area (Å²) in [5.41, 5.74) is 8.12. The van der Waals surface area contributed by atoms with Crippen LogP contribution in [-0.2, 0) is 27.8 Å². The van der Waals surface area contributed by atoms with Crippen LogP contribution in [-0.4, -0.2) is 35.4 Å². The van der Waals surface area contributed by atoms with Crippen LogP contribution in [0.15, 0.2) is 30.5 Å². The normalized spacial score (nSPS) is 12.6. The fourth-order valence-electron chi connectivity index (χ4n) is 2.94. The predicted octanol–water partition coefficient (Wildman–Crippen LogP) is 1.66. The van der Waals surface area contributed by atoms with E-state index in [1.165, 1.54) is 6.20 Å². The quantitative estimate of drug-likeness (QED) is 0.585. The van der Waals surface area contributed by atoms with Gasteiger partial charge in [-0.2, -0.15) is 8.42 Å². The van der Waals surface area contributed by atoms with E-state index in [-0.39, 0.29) is 18.6 Å². The largest absolute Gasteiger partial charge is 0.438 e. The third-order valence-electron chi connectivity index (χ3n) is 4.31. The highest BCUT2D eigenvalue weighted by Gasteiger charge is 2.23. The minimum Gasteiger partial charge on any atom is -0.438 e. The van der Waals surface area contributed by atoms with Crippen molar-refractivity contribution in [1.82, 2.24) is 4.98 Å². The number of nitrogens with two attached hydrogens (primary N) is 1. The van der Waals surface area contributed by atoms with Gasteiger partial charge in [-0.05, 0) is 29.7 Å².